The largest absolute Gasteiger partial charge is 0.481 e. The molecule has 1 saturated carbocycles. The van der Waals surface area contributed by atoms with E-state index >= 15 is 0 Å². The molecule has 2 N–H and O–H groups in total. The molecule has 6 heteroatoms. The van der Waals surface area contributed by atoms with Gasteiger partial charge in [0.1, 0.15) is 0 Å². The van der Waals surface area contributed by atoms with Crippen LogP contribution in [0.25, 0.3) is 6.08 Å². The molecule has 1 aromatic rings. The summed E-state index contributed by atoms with van der Waals surface area (Å²) in [5.74, 6) is -0.416. The van der Waals surface area contributed by atoms with Gasteiger partial charge in [-0.3, -0.25) is 4.79 Å². The number of hydrogen-bond acceptors (Lipinski definition) is 3. The predicted molar refractivity (Wildman–Crippen MR) is 104 cm³/mol. The lowest BCUT2D eigenvalue weighted by molar-refractivity contribution is -0.137. The van der Waals surface area contributed by atoms with Crippen molar-refractivity contribution in [3.63, 3.8) is 0 Å². The van der Waals surface area contributed by atoms with Crippen molar-refractivity contribution in [3.8, 4) is 0 Å². The van der Waals surface area contributed by atoms with Crippen molar-refractivity contribution in [1.29, 1.82) is 0 Å². The molecule has 0 saturated heterocycles. The minimum atomic E-state index is -3.46. The quantitative estimate of drug-likeness (QED) is 0.505. The lowest BCUT2D eigenvalue weighted by atomic mass is 10.1. The van der Waals surface area contributed by atoms with Gasteiger partial charge in [0.25, 0.3) is 0 Å². The molecular weight excluding hydrogens is 350 g/mol. The van der Waals surface area contributed by atoms with Gasteiger partial charge in [-0.15, -0.1) is 0 Å². The number of rotatable bonds is 9. The van der Waals surface area contributed by atoms with E-state index in [1.165, 1.54) is 5.41 Å². The van der Waals surface area contributed by atoms with E-state index in [0.29, 0.717) is 12.3 Å². The number of carbonyl (C=O) groups is 1. The highest BCUT2D eigenvalue weighted by Crippen LogP contribution is 2.27. The van der Waals surface area contributed by atoms with Crippen molar-refractivity contribution in [2.45, 2.75) is 51.5 Å². The number of aryl methyl sites for hydroxylation is 1. The van der Waals surface area contributed by atoms with Crippen LogP contribution >= 0.6 is 0 Å². The lowest BCUT2D eigenvalue weighted by Gasteiger charge is -2.10. The van der Waals surface area contributed by atoms with E-state index in [9.17, 15) is 13.2 Å². The molecule has 1 aliphatic rings. The molecule has 0 aliphatic heterocycles. The van der Waals surface area contributed by atoms with Crippen LogP contribution in [0.5, 0.6) is 0 Å². The maximum atomic E-state index is 12.2. The number of allylic oxidation sites excluding steroid dienone is 2. The first-order valence-electron chi connectivity index (χ1n) is 8.99. The summed E-state index contributed by atoms with van der Waals surface area (Å²) in [5.41, 5.74) is 1.99. The molecule has 1 fully saturated rings. The highest BCUT2D eigenvalue weighted by molar-refractivity contribution is 7.92. The fraction of sp³-hybridized carbons (Fsp3) is 0.450. The zero-order valence-electron chi connectivity index (χ0n) is 15.1. The number of nitrogens with one attached hydrogen (secondary N) is 1. The average molecular weight is 378 g/mol. The summed E-state index contributed by atoms with van der Waals surface area (Å²) in [6.45, 7) is 1.99. The average Bonchev–Trinajstić information content (AvgIpc) is 3.00. The normalized spacial score (nSPS) is 21.0. The van der Waals surface area contributed by atoms with Gasteiger partial charge in [-0.1, -0.05) is 42.0 Å². The molecule has 1 aromatic carbocycles. The molecule has 2 unspecified atom stereocenters. The van der Waals surface area contributed by atoms with Gasteiger partial charge in [0.2, 0.25) is 10.0 Å². The number of benzene rings is 1. The molecule has 0 amide bonds. The standard InChI is InChI=1S/C20H27NO4S/c1-16-7-9-17(10-8-16)13-14-26(24,25)21-19-12-11-18(15-19)5-3-2-4-6-20(22)23/h3,5,7-10,13-14,18-19,21H,2,4,6,11-12,15H2,1H3,(H,22,23)/b5-3+,14-13+. The van der Waals surface area contributed by atoms with Crippen LogP contribution in [0.15, 0.2) is 41.8 Å². The maximum absolute atomic E-state index is 12.2. The van der Waals surface area contributed by atoms with Gasteiger partial charge >= 0.3 is 5.97 Å². The smallest absolute Gasteiger partial charge is 0.303 e. The topological polar surface area (TPSA) is 83.5 Å². The Balaban J connectivity index is 1.78. The summed E-state index contributed by atoms with van der Waals surface area (Å²) in [4.78, 5) is 10.5. The van der Waals surface area contributed by atoms with Gasteiger partial charge in [0.05, 0.1) is 0 Å². The third-order valence-corrected chi connectivity index (χ3v) is 5.65. The molecular formula is C20H27NO4S. The van der Waals surface area contributed by atoms with Gasteiger partial charge in [0.15, 0.2) is 0 Å². The van der Waals surface area contributed by atoms with E-state index in [2.05, 4.69) is 10.8 Å². The highest BCUT2D eigenvalue weighted by atomic mass is 32.2. The van der Waals surface area contributed by atoms with E-state index < -0.39 is 16.0 Å². The molecule has 142 valence electrons. The Morgan fingerprint density at radius 2 is 2.00 bits per heavy atom. The second kappa shape index (κ2) is 9.69. The number of carboxylic acid groups (broad SMARTS) is 1. The molecule has 0 radical (unpaired) electrons. The van der Waals surface area contributed by atoms with Crippen LogP contribution in [-0.4, -0.2) is 25.5 Å². The summed E-state index contributed by atoms with van der Waals surface area (Å²) in [6.07, 6.45) is 9.84. The molecule has 0 heterocycles. The first-order chi connectivity index (χ1) is 12.3. The molecule has 26 heavy (non-hydrogen) atoms. The van der Waals surface area contributed by atoms with Crippen molar-refractivity contribution in [1.82, 2.24) is 4.72 Å². The van der Waals surface area contributed by atoms with Crippen LogP contribution in [-0.2, 0) is 14.8 Å². The van der Waals surface area contributed by atoms with Crippen LogP contribution in [0.1, 0.15) is 49.7 Å². The third-order valence-electron chi connectivity index (χ3n) is 4.49. The molecule has 2 rings (SSSR count). The fourth-order valence-corrected chi connectivity index (χ4v) is 4.17. The minimum absolute atomic E-state index is 0.0451. The lowest BCUT2D eigenvalue weighted by Crippen LogP contribution is -2.31. The Labute approximate surface area is 155 Å². The van der Waals surface area contributed by atoms with Gasteiger partial charge < -0.3 is 5.11 Å². The number of unbranched alkanes of at least 4 members (excludes halogenated alkanes) is 1. The minimum Gasteiger partial charge on any atom is -0.481 e. The van der Waals surface area contributed by atoms with Crippen molar-refractivity contribution in [3.05, 3.63) is 53.0 Å². The van der Waals surface area contributed by atoms with E-state index in [-0.39, 0.29) is 12.5 Å². The van der Waals surface area contributed by atoms with Crippen LogP contribution in [0, 0.1) is 12.8 Å². The van der Waals surface area contributed by atoms with E-state index in [1.54, 1.807) is 6.08 Å². The molecule has 0 aromatic heterocycles. The van der Waals surface area contributed by atoms with E-state index in [1.807, 2.05) is 37.3 Å². The van der Waals surface area contributed by atoms with Gasteiger partial charge in [-0.2, -0.15) is 0 Å². The van der Waals surface area contributed by atoms with Crippen LogP contribution in [0.4, 0.5) is 0 Å². The number of sulfonamides is 1. The molecule has 5 nitrogen and oxygen atoms in total. The summed E-state index contributed by atoms with van der Waals surface area (Å²) in [6, 6.07) is 7.63. The Kier molecular flexibility index (Phi) is 7.60. The second-order valence-corrected chi connectivity index (χ2v) is 8.46. The maximum Gasteiger partial charge on any atom is 0.303 e. The van der Waals surface area contributed by atoms with Gasteiger partial charge in [0, 0.05) is 17.9 Å². The summed E-state index contributed by atoms with van der Waals surface area (Å²) in [7, 11) is -3.46. The van der Waals surface area contributed by atoms with Crippen molar-refractivity contribution >= 4 is 22.1 Å². The Hall–Kier alpha value is -1.92. The Morgan fingerprint density at radius 1 is 1.27 bits per heavy atom. The van der Waals surface area contributed by atoms with Gasteiger partial charge in [-0.25, -0.2) is 13.1 Å². The molecule has 0 spiro atoms. The van der Waals surface area contributed by atoms with E-state index in [4.69, 9.17) is 5.11 Å². The zero-order valence-corrected chi connectivity index (χ0v) is 15.9. The molecule has 1 aliphatic carbocycles. The molecule has 2 atom stereocenters. The predicted octanol–water partition coefficient (Wildman–Crippen LogP) is 3.86. The Morgan fingerprint density at radius 3 is 2.69 bits per heavy atom. The number of aliphatic carboxylic acids is 1. The van der Waals surface area contributed by atoms with Crippen molar-refractivity contribution in [2.24, 2.45) is 5.92 Å². The van der Waals surface area contributed by atoms with E-state index in [0.717, 1.165) is 36.8 Å². The third kappa shape index (κ3) is 7.54. The fourth-order valence-electron chi connectivity index (χ4n) is 3.08. The van der Waals surface area contributed by atoms with Crippen molar-refractivity contribution < 1.29 is 18.3 Å². The summed E-state index contributed by atoms with van der Waals surface area (Å²) < 4.78 is 27.2. The van der Waals surface area contributed by atoms with Crippen LogP contribution < -0.4 is 4.72 Å². The SMILES string of the molecule is Cc1ccc(/C=C/S(=O)(=O)NC2CCC(/C=C/CCCC(=O)O)C2)cc1. The van der Waals surface area contributed by atoms with Crippen LogP contribution in [0.3, 0.4) is 0 Å². The first kappa shape index (κ1) is 20.4. The number of carboxylic acids is 1. The van der Waals surface area contributed by atoms with Crippen molar-refractivity contribution in [2.75, 3.05) is 0 Å². The zero-order chi connectivity index (χ0) is 19.0. The first-order valence-corrected chi connectivity index (χ1v) is 10.5. The Bertz CT molecular complexity index is 751. The molecule has 0 bridgehead atoms. The van der Waals surface area contributed by atoms with Gasteiger partial charge in [-0.05, 0) is 56.6 Å². The monoisotopic (exact) mass is 377 g/mol. The number of hydrogen-bond donors (Lipinski definition) is 2. The summed E-state index contributed by atoms with van der Waals surface area (Å²) in [5, 5.41) is 9.83. The van der Waals surface area contributed by atoms with Crippen LogP contribution in [0.2, 0.25) is 0 Å². The summed E-state index contributed by atoms with van der Waals surface area (Å²) >= 11 is 0. The highest BCUT2D eigenvalue weighted by Gasteiger charge is 2.25. The second-order valence-electron chi connectivity index (χ2n) is 6.86.